The Morgan fingerprint density at radius 3 is 2.29 bits per heavy atom. The highest BCUT2D eigenvalue weighted by atomic mass is 127. The van der Waals surface area contributed by atoms with E-state index in [2.05, 4.69) is 53.7 Å². The highest BCUT2D eigenvalue weighted by Gasteiger charge is 2.19. The van der Waals surface area contributed by atoms with Crippen molar-refractivity contribution in [1.29, 1.82) is 0 Å². The molecule has 1 rings (SSSR count). The zero-order valence-corrected chi connectivity index (χ0v) is 18.8. The molecule has 138 valence electrons. The van der Waals surface area contributed by atoms with E-state index in [0.29, 0.717) is 18.2 Å². The van der Waals surface area contributed by atoms with Crippen LogP contribution in [-0.2, 0) is 10.8 Å². The lowest BCUT2D eigenvalue weighted by molar-refractivity contribution is 0.551. The monoisotopic (exact) mass is 465 g/mol. The van der Waals surface area contributed by atoms with Crippen LogP contribution in [0.1, 0.15) is 46.1 Å². The maximum absolute atomic E-state index is 12.1. The minimum atomic E-state index is -0.852. The molecule has 0 aliphatic heterocycles. The van der Waals surface area contributed by atoms with Crippen LogP contribution >= 0.6 is 24.0 Å². The van der Waals surface area contributed by atoms with Gasteiger partial charge >= 0.3 is 0 Å². The molecule has 0 saturated carbocycles. The van der Waals surface area contributed by atoms with E-state index in [4.69, 9.17) is 0 Å². The summed E-state index contributed by atoms with van der Waals surface area (Å²) < 4.78 is 11.9. The van der Waals surface area contributed by atoms with Gasteiger partial charge in [-0.25, -0.2) is 0 Å². The molecule has 0 radical (unpaired) electrons. The van der Waals surface area contributed by atoms with Crippen molar-refractivity contribution in [2.75, 3.05) is 19.3 Å². The van der Waals surface area contributed by atoms with Gasteiger partial charge in [-0.1, -0.05) is 37.3 Å². The largest absolute Gasteiger partial charge is 0.355 e. The predicted molar refractivity (Wildman–Crippen MR) is 117 cm³/mol. The number of hydrogen-bond acceptors (Lipinski definition) is 2. The van der Waals surface area contributed by atoms with Crippen molar-refractivity contribution in [3.8, 4) is 0 Å². The topological polar surface area (TPSA) is 53.5 Å². The summed E-state index contributed by atoms with van der Waals surface area (Å²) in [6, 6.07) is 10.7. The molecule has 0 heterocycles. The molecule has 0 spiro atoms. The third-order valence-electron chi connectivity index (χ3n) is 3.93. The van der Waals surface area contributed by atoms with Gasteiger partial charge < -0.3 is 10.6 Å². The fraction of sp³-hybridized carbons (Fsp3) is 0.611. The molecule has 24 heavy (non-hydrogen) atoms. The molecule has 1 aromatic rings. The van der Waals surface area contributed by atoms with Gasteiger partial charge in [0.15, 0.2) is 5.96 Å². The molecule has 4 nitrogen and oxygen atoms in total. The quantitative estimate of drug-likeness (QED) is 0.384. The zero-order chi connectivity index (χ0) is 17.5. The second-order valence-corrected chi connectivity index (χ2v) is 9.12. The van der Waals surface area contributed by atoms with Gasteiger partial charge in [-0.3, -0.25) is 9.20 Å². The van der Waals surface area contributed by atoms with Crippen LogP contribution in [0.3, 0.4) is 0 Å². The molecule has 0 aromatic heterocycles. The molecular formula is C18H32IN3OS. The van der Waals surface area contributed by atoms with E-state index < -0.39 is 10.8 Å². The maximum atomic E-state index is 12.1. The van der Waals surface area contributed by atoms with Gasteiger partial charge in [0.05, 0.1) is 0 Å². The van der Waals surface area contributed by atoms with Gasteiger partial charge in [0, 0.05) is 46.9 Å². The number of benzene rings is 1. The Morgan fingerprint density at radius 2 is 1.79 bits per heavy atom. The summed E-state index contributed by atoms with van der Waals surface area (Å²) in [6.07, 6.45) is 0. The van der Waals surface area contributed by atoms with Crippen molar-refractivity contribution in [3.05, 3.63) is 35.9 Å². The Hall–Kier alpha value is -0.630. The minimum Gasteiger partial charge on any atom is -0.355 e. The van der Waals surface area contributed by atoms with Crippen molar-refractivity contribution < 1.29 is 4.21 Å². The number of rotatable bonds is 6. The summed E-state index contributed by atoms with van der Waals surface area (Å²) in [5.41, 5.74) is 1.30. The van der Waals surface area contributed by atoms with Crippen LogP contribution in [0.5, 0.6) is 0 Å². The fourth-order valence-corrected chi connectivity index (χ4v) is 3.05. The second kappa shape index (κ2) is 11.1. The molecule has 2 N–H and O–H groups in total. The molecule has 0 saturated heterocycles. The van der Waals surface area contributed by atoms with Crippen LogP contribution in [0.15, 0.2) is 35.3 Å². The van der Waals surface area contributed by atoms with E-state index in [0.717, 1.165) is 5.96 Å². The molecule has 0 bridgehead atoms. The van der Waals surface area contributed by atoms with Crippen molar-refractivity contribution in [2.45, 2.75) is 51.3 Å². The average Bonchev–Trinajstić information content (AvgIpc) is 2.52. The first kappa shape index (κ1) is 23.4. The van der Waals surface area contributed by atoms with Gasteiger partial charge in [0.2, 0.25) is 0 Å². The zero-order valence-electron chi connectivity index (χ0n) is 15.6. The van der Waals surface area contributed by atoms with Gasteiger partial charge in [-0.15, -0.1) is 24.0 Å². The number of nitrogens with one attached hydrogen (secondary N) is 2. The van der Waals surface area contributed by atoms with Crippen molar-refractivity contribution in [1.82, 2.24) is 10.6 Å². The maximum Gasteiger partial charge on any atom is 0.191 e. The molecule has 6 heteroatoms. The molecule has 0 aliphatic rings. The van der Waals surface area contributed by atoms with Crippen LogP contribution in [0, 0.1) is 0 Å². The Balaban J connectivity index is 0.00000529. The third kappa shape index (κ3) is 7.96. The molecule has 0 fully saturated rings. The van der Waals surface area contributed by atoms with Crippen LogP contribution < -0.4 is 10.6 Å². The third-order valence-corrected chi connectivity index (χ3v) is 5.87. The highest BCUT2D eigenvalue weighted by molar-refractivity contribution is 14.0. The van der Waals surface area contributed by atoms with E-state index in [-0.39, 0.29) is 34.8 Å². The van der Waals surface area contributed by atoms with Gasteiger partial charge in [0.25, 0.3) is 0 Å². The van der Waals surface area contributed by atoms with E-state index in [1.165, 1.54) is 5.56 Å². The average molecular weight is 465 g/mol. The number of aliphatic imine (C=N–C) groups is 1. The highest BCUT2D eigenvalue weighted by Crippen LogP contribution is 2.18. The Morgan fingerprint density at radius 1 is 1.21 bits per heavy atom. The second-order valence-electron chi connectivity index (χ2n) is 6.79. The van der Waals surface area contributed by atoms with Crippen molar-refractivity contribution in [3.63, 3.8) is 0 Å². The van der Waals surface area contributed by atoms with Gasteiger partial charge in [-0.05, 0) is 33.3 Å². The smallest absolute Gasteiger partial charge is 0.191 e. The summed E-state index contributed by atoms with van der Waals surface area (Å²) in [5, 5.41) is 6.67. The van der Waals surface area contributed by atoms with Gasteiger partial charge in [0.1, 0.15) is 0 Å². The summed E-state index contributed by atoms with van der Waals surface area (Å²) >= 11 is 0. The number of guanidine groups is 1. The number of halogens is 1. The summed E-state index contributed by atoms with van der Waals surface area (Å²) in [6.45, 7) is 11.0. The first-order chi connectivity index (χ1) is 10.8. The lowest BCUT2D eigenvalue weighted by Gasteiger charge is -2.24. The van der Waals surface area contributed by atoms with Crippen LogP contribution in [-0.4, -0.2) is 40.3 Å². The SMILES string of the molecule is CN=C(NCCS(=O)C(C)(C)C)NC(C)C(C)c1ccccc1.I. The number of nitrogens with zero attached hydrogens (tertiary/aromatic N) is 1. The van der Waals surface area contributed by atoms with Crippen LogP contribution in [0.2, 0.25) is 0 Å². The first-order valence-electron chi connectivity index (χ1n) is 8.16. The van der Waals surface area contributed by atoms with Crippen LogP contribution in [0.4, 0.5) is 0 Å². The molecule has 3 unspecified atom stereocenters. The first-order valence-corrected chi connectivity index (χ1v) is 9.48. The Kier molecular flexibility index (Phi) is 10.8. The number of hydrogen-bond donors (Lipinski definition) is 2. The van der Waals surface area contributed by atoms with Gasteiger partial charge in [-0.2, -0.15) is 0 Å². The summed E-state index contributed by atoms with van der Waals surface area (Å²) in [5.74, 6) is 1.75. The predicted octanol–water partition coefficient (Wildman–Crippen LogP) is 3.51. The lowest BCUT2D eigenvalue weighted by atomic mass is 9.94. The molecule has 3 atom stereocenters. The Labute approximate surface area is 166 Å². The fourth-order valence-electron chi connectivity index (χ4n) is 2.15. The molecule has 0 amide bonds. The van der Waals surface area contributed by atoms with E-state index >= 15 is 0 Å². The van der Waals surface area contributed by atoms with E-state index in [1.54, 1.807) is 7.05 Å². The summed E-state index contributed by atoms with van der Waals surface area (Å²) in [7, 11) is 0.908. The van der Waals surface area contributed by atoms with E-state index in [1.807, 2.05) is 26.8 Å². The molecule has 0 aliphatic carbocycles. The lowest BCUT2D eigenvalue weighted by Crippen LogP contribution is -2.45. The molecular weight excluding hydrogens is 433 g/mol. The van der Waals surface area contributed by atoms with Crippen LogP contribution in [0.25, 0.3) is 0 Å². The van der Waals surface area contributed by atoms with Crippen molar-refractivity contribution >= 4 is 40.7 Å². The summed E-state index contributed by atoms with van der Waals surface area (Å²) in [4.78, 5) is 4.26. The normalized spacial score (nSPS) is 15.8. The molecule has 1 aromatic carbocycles. The van der Waals surface area contributed by atoms with Crippen molar-refractivity contribution in [2.24, 2.45) is 4.99 Å². The minimum absolute atomic E-state index is 0. The van der Waals surface area contributed by atoms with E-state index in [9.17, 15) is 4.21 Å². The standard InChI is InChI=1S/C18H31N3OS.HI/c1-14(16-10-8-7-9-11-16)15(2)21-17(19-6)20-12-13-23(22)18(3,4)5;/h7-11,14-15H,12-13H2,1-6H3,(H2,19,20,21);1H. The Bertz CT molecular complexity index is 529.